The van der Waals surface area contributed by atoms with Gasteiger partial charge in [-0.15, -0.1) is 0 Å². The molecule has 1 saturated heterocycles. The minimum atomic E-state index is -0.759. The molecule has 2 aromatic carbocycles. The third-order valence-corrected chi connectivity index (χ3v) is 6.29. The van der Waals surface area contributed by atoms with E-state index in [1.165, 1.54) is 16.8 Å². The summed E-state index contributed by atoms with van der Waals surface area (Å²) in [6, 6.07) is 18.8. The zero-order valence-corrected chi connectivity index (χ0v) is 16.7. The number of carboxylic acids is 1. The van der Waals surface area contributed by atoms with Crippen LogP contribution in [0.25, 0.3) is 11.1 Å². The summed E-state index contributed by atoms with van der Waals surface area (Å²) in [6.07, 6.45) is 2.84. The summed E-state index contributed by atoms with van der Waals surface area (Å²) < 4.78 is 0. The van der Waals surface area contributed by atoms with Crippen molar-refractivity contribution in [2.75, 3.05) is 31.1 Å². The van der Waals surface area contributed by atoms with E-state index in [9.17, 15) is 14.7 Å². The fraction of sp³-hybridized carbons (Fsp3) is 0.417. The number of carbonyl (C=O) groups excluding carboxylic acids is 1. The van der Waals surface area contributed by atoms with Crippen molar-refractivity contribution in [3.05, 3.63) is 54.6 Å². The predicted molar refractivity (Wildman–Crippen MR) is 114 cm³/mol. The van der Waals surface area contributed by atoms with Crippen LogP contribution in [0.15, 0.2) is 54.6 Å². The number of carboxylic acid groups (broad SMARTS) is 1. The van der Waals surface area contributed by atoms with E-state index in [-0.39, 0.29) is 17.7 Å². The monoisotopic (exact) mass is 392 g/mol. The highest BCUT2D eigenvalue weighted by Gasteiger charge is 2.34. The lowest BCUT2D eigenvalue weighted by atomic mass is 9.80. The van der Waals surface area contributed by atoms with Crippen molar-refractivity contribution in [1.82, 2.24) is 4.90 Å². The van der Waals surface area contributed by atoms with Crippen molar-refractivity contribution in [3.63, 3.8) is 0 Å². The van der Waals surface area contributed by atoms with Gasteiger partial charge in [0.2, 0.25) is 5.91 Å². The van der Waals surface area contributed by atoms with Gasteiger partial charge in [0.15, 0.2) is 0 Å². The largest absolute Gasteiger partial charge is 0.481 e. The SMILES string of the molecule is O=C(O)[C@H]1CCC[C@@H](C(=O)N2CCN(c3ccccc3-c3ccccc3)CC2)C1. The predicted octanol–water partition coefficient (Wildman–Crippen LogP) is 3.89. The Labute approximate surface area is 171 Å². The summed E-state index contributed by atoms with van der Waals surface area (Å²) in [5, 5.41) is 9.30. The van der Waals surface area contributed by atoms with Crippen LogP contribution in [0.2, 0.25) is 0 Å². The quantitative estimate of drug-likeness (QED) is 0.857. The topological polar surface area (TPSA) is 60.9 Å². The molecule has 5 heteroatoms. The second-order valence-corrected chi connectivity index (χ2v) is 8.09. The van der Waals surface area contributed by atoms with Gasteiger partial charge in [0, 0.05) is 43.3 Å². The number of para-hydroxylation sites is 1. The van der Waals surface area contributed by atoms with E-state index in [1.807, 2.05) is 11.0 Å². The molecule has 152 valence electrons. The maximum absolute atomic E-state index is 13.0. The minimum absolute atomic E-state index is 0.131. The van der Waals surface area contributed by atoms with Gasteiger partial charge in [-0.3, -0.25) is 9.59 Å². The molecule has 2 aliphatic rings. The van der Waals surface area contributed by atoms with Crippen LogP contribution in [0.1, 0.15) is 25.7 Å². The Kier molecular flexibility index (Phi) is 5.84. The zero-order valence-electron chi connectivity index (χ0n) is 16.7. The third-order valence-electron chi connectivity index (χ3n) is 6.29. The zero-order chi connectivity index (χ0) is 20.2. The van der Waals surface area contributed by atoms with E-state index in [2.05, 4.69) is 53.4 Å². The van der Waals surface area contributed by atoms with Gasteiger partial charge in [0.25, 0.3) is 0 Å². The summed E-state index contributed by atoms with van der Waals surface area (Å²) in [5.41, 5.74) is 3.61. The number of piperazine rings is 1. The van der Waals surface area contributed by atoms with Crippen LogP contribution in [-0.2, 0) is 9.59 Å². The number of amides is 1. The van der Waals surface area contributed by atoms with Crippen molar-refractivity contribution >= 4 is 17.6 Å². The van der Waals surface area contributed by atoms with Crippen LogP contribution in [0, 0.1) is 11.8 Å². The molecule has 1 heterocycles. The molecule has 29 heavy (non-hydrogen) atoms. The van der Waals surface area contributed by atoms with Gasteiger partial charge in [-0.2, -0.15) is 0 Å². The normalized spacial score (nSPS) is 22.3. The average Bonchev–Trinajstić information content (AvgIpc) is 2.79. The molecular weight excluding hydrogens is 364 g/mol. The molecule has 4 rings (SSSR count). The Morgan fingerprint density at radius 1 is 0.828 bits per heavy atom. The van der Waals surface area contributed by atoms with Gasteiger partial charge >= 0.3 is 5.97 Å². The van der Waals surface area contributed by atoms with Gasteiger partial charge < -0.3 is 14.9 Å². The molecule has 2 fully saturated rings. The number of hydrogen-bond acceptors (Lipinski definition) is 3. The highest BCUT2D eigenvalue weighted by molar-refractivity contribution is 5.81. The van der Waals surface area contributed by atoms with Gasteiger partial charge in [0.05, 0.1) is 5.92 Å². The lowest BCUT2D eigenvalue weighted by Gasteiger charge is -2.39. The summed E-state index contributed by atoms with van der Waals surface area (Å²) in [6.45, 7) is 2.97. The molecule has 1 aliphatic carbocycles. The number of nitrogens with zero attached hydrogens (tertiary/aromatic N) is 2. The Morgan fingerprint density at radius 2 is 1.48 bits per heavy atom. The molecule has 1 amide bonds. The van der Waals surface area contributed by atoms with E-state index < -0.39 is 5.97 Å². The highest BCUT2D eigenvalue weighted by Crippen LogP contribution is 2.33. The standard InChI is InChI=1S/C24H28N2O3/c27-23(19-9-6-10-20(17-19)24(28)29)26-15-13-25(14-16-26)22-12-5-4-11-21(22)18-7-2-1-3-8-18/h1-5,7-8,11-12,19-20H,6,9-10,13-17H2,(H,28,29)/t19-,20+/m1/s1. The molecule has 0 aromatic heterocycles. The van der Waals surface area contributed by atoms with E-state index >= 15 is 0 Å². The van der Waals surface area contributed by atoms with E-state index in [0.29, 0.717) is 25.9 Å². The summed E-state index contributed by atoms with van der Waals surface area (Å²) in [7, 11) is 0. The first-order chi connectivity index (χ1) is 14.1. The second kappa shape index (κ2) is 8.68. The molecular formula is C24H28N2O3. The maximum atomic E-state index is 13.0. The fourth-order valence-electron chi connectivity index (χ4n) is 4.68. The van der Waals surface area contributed by atoms with Gasteiger partial charge in [-0.05, 0) is 30.9 Å². The molecule has 1 saturated carbocycles. The van der Waals surface area contributed by atoms with Crippen molar-refractivity contribution in [2.24, 2.45) is 11.8 Å². The summed E-state index contributed by atoms with van der Waals surface area (Å²) in [4.78, 5) is 28.6. The fourth-order valence-corrected chi connectivity index (χ4v) is 4.68. The maximum Gasteiger partial charge on any atom is 0.306 e. The molecule has 2 aromatic rings. The van der Waals surface area contributed by atoms with Gasteiger partial charge in [-0.25, -0.2) is 0 Å². The second-order valence-electron chi connectivity index (χ2n) is 8.09. The van der Waals surface area contributed by atoms with E-state index in [4.69, 9.17) is 0 Å². The number of rotatable bonds is 4. The first-order valence-corrected chi connectivity index (χ1v) is 10.5. The molecule has 0 radical (unpaired) electrons. The van der Waals surface area contributed by atoms with Crippen LogP contribution in [0.5, 0.6) is 0 Å². The van der Waals surface area contributed by atoms with Gasteiger partial charge in [0.1, 0.15) is 0 Å². The van der Waals surface area contributed by atoms with Crippen LogP contribution < -0.4 is 4.90 Å². The molecule has 2 atom stereocenters. The first-order valence-electron chi connectivity index (χ1n) is 10.5. The molecule has 0 bridgehead atoms. The summed E-state index contributed by atoms with van der Waals surface area (Å²) in [5.74, 6) is -1.11. The molecule has 1 aliphatic heterocycles. The van der Waals surface area contributed by atoms with Crippen molar-refractivity contribution < 1.29 is 14.7 Å². The summed E-state index contributed by atoms with van der Waals surface area (Å²) >= 11 is 0. The Hall–Kier alpha value is -2.82. The van der Waals surface area contributed by atoms with Crippen molar-refractivity contribution in [3.8, 4) is 11.1 Å². The molecule has 1 N–H and O–H groups in total. The van der Waals surface area contributed by atoms with Crippen LogP contribution in [-0.4, -0.2) is 48.1 Å². The highest BCUT2D eigenvalue weighted by atomic mass is 16.4. The van der Waals surface area contributed by atoms with Gasteiger partial charge in [-0.1, -0.05) is 55.0 Å². The number of carbonyl (C=O) groups is 2. The first kappa shape index (κ1) is 19.5. The van der Waals surface area contributed by atoms with E-state index in [0.717, 1.165) is 25.9 Å². The van der Waals surface area contributed by atoms with E-state index in [1.54, 1.807) is 0 Å². The number of benzene rings is 2. The smallest absolute Gasteiger partial charge is 0.306 e. The van der Waals surface area contributed by atoms with Crippen LogP contribution in [0.3, 0.4) is 0 Å². The number of anilines is 1. The van der Waals surface area contributed by atoms with Crippen LogP contribution in [0.4, 0.5) is 5.69 Å². The van der Waals surface area contributed by atoms with Crippen LogP contribution >= 0.6 is 0 Å². The molecule has 0 unspecified atom stereocenters. The molecule has 5 nitrogen and oxygen atoms in total. The van der Waals surface area contributed by atoms with Crippen molar-refractivity contribution in [2.45, 2.75) is 25.7 Å². The number of aliphatic carboxylic acids is 1. The lowest BCUT2D eigenvalue weighted by molar-refractivity contribution is -0.145. The average molecular weight is 392 g/mol. The Balaban J connectivity index is 1.42. The minimum Gasteiger partial charge on any atom is -0.481 e. The Morgan fingerprint density at radius 3 is 2.21 bits per heavy atom. The van der Waals surface area contributed by atoms with Crippen molar-refractivity contribution in [1.29, 1.82) is 0 Å². The lowest BCUT2D eigenvalue weighted by Crippen LogP contribution is -2.51. The molecule has 0 spiro atoms. The number of hydrogen-bond donors (Lipinski definition) is 1. The Bertz CT molecular complexity index is 859. The third kappa shape index (κ3) is 4.29.